The Morgan fingerprint density at radius 3 is 2.68 bits per heavy atom. The summed E-state index contributed by atoms with van der Waals surface area (Å²) in [5.74, 6) is -0.0990. The van der Waals surface area contributed by atoms with Crippen molar-refractivity contribution in [1.29, 1.82) is 0 Å². The number of benzene rings is 2. The Morgan fingerprint density at radius 2 is 1.77 bits per heavy atom. The highest BCUT2D eigenvalue weighted by Gasteiger charge is 2.14. The lowest BCUT2D eigenvalue weighted by Crippen LogP contribution is -2.12. The van der Waals surface area contributed by atoms with Gasteiger partial charge in [-0.15, -0.1) is 0 Å². The van der Waals surface area contributed by atoms with Gasteiger partial charge in [-0.1, -0.05) is 24.3 Å². The molecule has 2 aromatic heterocycles. The van der Waals surface area contributed by atoms with Crippen molar-refractivity contribution < 1.29 is 4.79 Å². The lowest BCUT2D eigenvalue weighted by Gasteiger charge is -2.07. The molecule has 4 aromatic rings. The second-order valence-electron chi connectivity index (χ2n) is 5.37. The number of hydrogen-bond donors (Lipinski definition) is 3. The van der Waals surface area contributed by atoms with Crippen molar-refractivity contribution in [2.75, 3.05) is 5.32 Å². The van der Waals surface area contributed by atoms with Crippen LogP contribution >= 0.6 is 0 Å². The molecule has 0 spiro atoms. The van der Waals surface area contributed by atoms with Gasteiger partial charge in [-0.25, -0.2) is 0 Å². The van der Waals surface area contributed by atoms with Gasteiger partial charge in [0.2, 0.25) is 0 Å². The van der Waals surface area contributed by atoms with Crippen LogP contribution in [0.15, 0.2) is 54.7 Å². The Kier molecular flexibility index (Phi) is 2.76. The summed E-state index contributed by atoms with van der Waals surface area (Å²) >= 11 is 0. The molecule has 0 aliphatic heterocycles. The van der Waals surface area contributed by atoms with Crippen molar-refractivity contribution in [3.63, 3.8) is 0 Å². The molecule has 0 saturated carbocycles. The van der Waals surface area contributed by atoms with Crippen LogP contribution < -0.4 is 5.32 Å². The summed E-state index contributed by atoms with van der Waals surface area (Å²) in [6.07, 6.45) is 1.85. The summed E-state index contributed by atoms with van der Waals surface area (Å²) < 4.78 is 0. The van der Waals surface area contributed by atoms with Crippen LogP contribution in [0.25, 0.3) is 21.8 Å². The van der Waals surface area contributed by atoms with Gasteiger partial charge in [0.1, 0.15) is 0 Å². The molecule has 3 N–H and O–H groups in total. The van der Waals surface area contributed by atoms with Crippen molar-refractivity contribution in [3.8, 4) is 0 Å². The molecule has 4 rings (SSSR count). The maximum Gasteiger partial charge on any atom is 0.256 e. The van der Waals surface area contributed by atoms with E-state index in [2.05, 4.69) is 15.3 Å². The summed E-state index contributed by atoms with van der Waals surface area (Å²) in [7, 11) is 0. The smallest absolute Gasteiger partial charge is 0.256 e. The number of amides is 1. The van der Waals surface area contributed by atoms with E-state index in [1.165, 1.54) is 0 Å². The Hall–Kier alpha value is -3.01. The van der Waals surface area contributed by atoms with Crippen LogP contribution in [-0.4, -0.2) is 15.9 Å². The van der Waals surface area contributed by atoms with Crippen LogP contribution in [0.5, 0.6) is 0 Å². The van der Waals surface area contributed by atoms with Crippen LogP contribution in [-0.2, 0) is 0 Å². The summed E-state index contributed by atoms with van der Waals surface area (Å²) in [4.78, 5) is 19.1. The summed E-state index contributed by atoms with van der Waals surface area (Å²) in [5.41, 5.74) is 4.45. The topological polar surface area (TPSA) is 60.7 Å². The number of aryl methyl sites for hydroxylation is 1. The number of nitrogens with one attached hydrogen (secondary N) is 3. The highest BCUT2D eigenvalue weighted by atomic mass is 16.1. The van der Waals surface area contributed by atoms with Crippen molar-refractivity contribution in [2.24, 2.45) is 0 Å². The van der Waals surface area contributed by atoms with Gasteiger partial charge in [-0.2, -0.15) is 0 Å². The van der Waals surface area contributed by atoms with E-state index in [1.54, 1.807) is 0 Å². The number of aromatic nitrogens is 2. The van der Waals surface area contributed by atoms with Gasteiger partial charge in [0.25, 0.3) is 5.91 Å². The van der Waals surface area contributed by atoms with E-state index in [4.69, 9.17) is 0 Å². The van der Waals surface area contributed by atoms with Gasteiger partial charge in [-0.05, 0) is 31.2 Å². The second kappa shape index (κ2) is 4.77. The lowest BCUT2D eigenvalue weighted by atomic mass is 10.1. The minimum Gasteiger partial charge on any atom is -0.361 e. The molecule has 0 fully saturated rings. The lowest BCUT2D eigenvalue weighted by molar-refractivity contribution is 0.102. The molecule has 0 aliphatic rings. The van der Waals surface area contributed by atoms with Gasteiger partial charge in [0.15, 0.2) is 0 Å². The van der Waals surface area contributed by atoms with Crippen LogP contribution in [0.1, 0.15) is 16.1 Å². The third-order valence-corrected chi connectivity index (χ3v) is 3.97. The van der Waals surface area contributed by atoms with Crippen LogP contribution in [0, 0.1) is 6.92 Å². The molecule has 4 nitrogen and oxygen atoms in total. The number of fused-ring (bicyclic) bond motifs is 2. The Bertz CT molecular complexity index is 994. The first-order valence-electron chi connectivity index (χ1n) is 7.19. The zero-order valence-corrected chi connectivity index (χ0v) is 12.1. The van der Waals surface area contributed by atoms with E-state index in [-0.39, 0.29) is 5.91 Å². The van der Waals surface area contributed by atoms with Crippen molar-refractivity contribution >= 4 is 33.4 Å². The maximum absolute atomic E-state index is 12.7. The highest BCUT2D eigenvalue weighted by Crippen LogP contribution is 2.28. The molecule has 0 saturated heterocycles. The monoisotopic (exact) mass is 289 g/mol. The van der Waals surface area contributed by atoms with Crippen LogP contribution in [0.2, 0.25) is 0 Å². The van der Waals surface area contributed by atoms with E-state index < -0.39 is 0 Å². The number of H-pyrrole nitrogens is 2. The molecular weight excluding hydrogens is 274 g/mol. The number of aromatic amines is 2. The van der Waals surface area contributed by atoms with E-state index in [9.17, 15) is 4.79 Å². The fourth-order valence-corrected chi connectivity index (χ4v) is 2.90. The van der Waals surface area contributed by atoms with Gasteiger partial charge >= 0.3 is 0 Å². The molecule has 0 radical (unpaired) electrons. The number of para-hydroxylation sites is 1. The predicted octanol–water partition coefficient (Wildman–Crippen LogP) is 4.21. The molecular formula is C18H15N3O. The van der Waals surface area contributed by atoms with E-state index >= 15 is 0 Å². The minimum absolute atomic E-state index is 0.0990. The molecule has 0 atom stereocenters. The molecule has 2 heterocycles. The standard InChI is InChI=1S/C18H15N3O/c1-11-17(14-5-2-3-7-16(14)20-11)21-18(22)13-6-4-8-15-12(13)9-10-19-15/h2-10,19-20H,1H3,(H,21,22). The summed E-state index contributed by atoms with van der Waals surface area (Å²) in [6.45, 7) is 1.96. The van der Waals surface area contributed by atoms with Crippen molar-refractivity contribution in [3.05, 3.63) is 66.0 Å². The average molecular weight is 289 g/mol. The largest absolute Gasteiger partial charge is 0.361 e. The fourth-order valence-electron chi connectivity index (χ4n) is 2.90. The van der Waals surface area contributed by atoms with Crippen LogP contribution in [0.4, 0.5) is 5.69 Å². The highest BCUT2D eigenvalue weighted by molar-refractivity contribution is 6.15. The van der Waals surface area contributed by atoms with E-state index in [1.807, 2.05) is 61.7 Å². The number of carbonyl (C=O) groups is 1. The number of rotatable bonds is 2. The molecule has 0 bridgehead atoms. The average Bonchev–Trinajstić information content (AvgIpc) is 3.12. The zero-order valence-electron chi connectivity index (χ0n) is 12.1. The molecule has 0 unspecified atom stereocenters. The molecule has 108 valence electrons. The van der Waals surface area contributed by atoms with E-state index in [0.29, 0.717) is 5.56 Å². The fraction of sp³-hybridized carbons (Fsp3) is 0.0556. The quantitative estimate of drug-likeness (QED) is 0.508. The molecule has 22 heavy (non-hydrogen) atoms. The molecule has 4 heteroatoms. The third kappa shape index (κ3) is 1.89. The number of carbonyl (C=O) groups excluding carboxylic acids is 1. The number of hydrogen-bond acceptors (Lipinski definition) is 1. The first-order valence-corrected chi connectivity index (χ1v) is 7.19. The molecule has 0 aliphatic carbocycles. The van der Waals surface area contributed by atoms with E-state index in [0.717, 1.165) is 33.2 Å². The Balaban J connectivity index is 1.78. The first-order chi connectivity index (χ1) is 10.7. The van der Waals surface area contributed by atoms with Crippen molar-refractivity contribution in [2.45, 2.75) is 6.92 Å². The van der Waals surface area contributed by atoms with Gasteiger partial charge in [-0.3, -0.25) is 4.79 Å². The third-order valence-electron chi connectivity index (χ3n) is 3.97. The summed E-state index contributed by atoms with van der Waals surface area (Å²) in [5, 5.41) is 5.00. The van der Waals surface area contributed by atoms with Crippen molar-refractivity contribution in [1.82, 2.24) is 9.97 Å². The molecule has 2 aromatic carbocycles. The van der Waals surface area contributed by atoms with Gasteiger partial charge < -0.3 is 15.3 Å². The SMILES string of the molecule is Cc1[nH]c2ccccc2c1NC(=O)c1cccc2[nH]ccc12. The molecule has 1 amide bonds. The summed E-state index contributed by atoms with van der Waals surface area (Å²) in [6, 6.07) is 15.6. The normalized spacial score (nSPS) is 11.1. The predicted molar refractivity (Wildman–Crippen MR) is 89.3 cm³/mol. The first kappa shape index (κ1) is 12.7. The van der Waals surface area contributed by atoms with Gasteiger partial charge in [0, 0.05) is 39.3 Å². The second-order valence-corrected chi connectivity index (χ2v) is 5.37. The van der Waals surface area contributed by atoms with Crippen LogP contribution in [0.3, 0.4) is 0 Å². The minimum atomic E-state index is -0.0990. The maximum atomic E-state index is 12.7. The Labute approximate surface area is 127 Å². The number of anilines is 1. The zero-order chi connectivity index (χ0) is 15.1. The van der Waals surface area contributed by atoms with Gasteiger partial charge in [0.05, 0.1) is 5.69 Å². The Morgan fingerprint density at radius 1 is 0.955 bits per heavy atom.